The predicted molar refractivity (Wildman–Crippen MR) is 151 cm³/mol. The van der Waals surface area contributed by atoms with Crippen LogP contribution < -0.4 is 4.74 Å². The van der Waals surface area contributed by atoms with Crippen molar-refractivity contribution in [3.63, 3.8) is 0 Å². The third-order valence-electron chi connectivity index (χ3n) is 6.77. The number of amides is 1. The fourth-order valence-electron chi connectivity index (χ4n) is 4.65. The van der Waals surface area contributed by atoms with E-state index in [9.17, 15) is 14.9 Å². The Kier molecular flexibility index (Phi) is 7.89. The van der Waals surface area contributed by atoms with Crippen LogP contribution in [0.5, 0.6) is 5.75 Å². The number of amidine groups is 1. The van der Waals surface area contributed by atoms with Crippen LogP contribution in [-0.2, 0) is 11.4 Å². The second-order valence-electron chi connectivity index (χ2n) is 9.59. The molecule has 1 aliphatic heterocycles. The zero-order valence-corrected chi connectivity index (χ0v) is 22.0. The molecule has 0 N–H and O–H groups in total. The fraction of sp³-hybridized carbons (Fsp3) is 0.267. The van der Waals surface area contributed by atoms with Gasteiger partial charge in [-0.15, -0.1) is 0 Å². The van der Waals surface area contributed by atoms with Gasteiger partial charge in [0.05, 0.1) is 15.5 Å². The average molecular weight is 528 g/mol. The Labute approximate surface area is 226 Å². The predicted octanol–water partition coefficient (Wildman–Crippen LogP) is 7.42. The summed E-state index contributed by atoms with van der Waals surface area (Å²) >= 11 is 1.44. The molecule has 0 unspecified atom stereocenters. The van der Waals surface area contributed by atoms with Crippen LogP contribution >= 0.6 is 11.8 Å². The number of hydrogen-bond acceptors (Lipinski definition) is 6. The maximum absolute atomic E-state index is 13.5. The number of aliphatic imine (C=N–C) groups is 1. The van der Waals surface area contributed by atoms with Crippen molar-refractivity contribution in [2.24, 2.45) is 4.99 Å². The van der Waals surface area contributed by atoms with Gasteiger partial charge in [-0.05, 0) is 85.1 Å². The maximum Gasteiger partial charge on any atom is 0.269 e. The number of non-ortho nitro benzene ring substituents is 1. The summed E-state index contributed by atoms with van der Waals surface area (Å²) in [5, 5.41) is 11.6. The molecule has 2 aliphatic rings. The molecule has 38 heavy (non-hydrogen) atoms. The molecule has 8 heteroatoms. The Morgan fingerprint density at radius 3 is 2.34 bits per heavy atom. The molecule has 1 aliphatic carbocycles. The van der Waals surface area contributed by atoms with Crippen LogP contribution in [0.3, 0.4) is 0 Å². The van der Waals surface area contributed by atoms with E-state index in [2.05, 4.69) is 0 Å². The highest BCUT2D eigenvalue weighted by molar-refractivity contribution is 8.18. The molecular formula is C30H29N3O4S. The van der Waals surface area contributed by atoms with E-state index in [0.717, 1.165) is 47.7 Å². The minimum absolute atomic E-state index is 0.0197. The van der Waals surface area contributed by atoms with Crippen LogP contribution in [0.15, 0.2) is 82.7 Å². The standard InChI is InChI=1S/C30H29N3O4S/c1-21-7-13-24(14-8-21)31-30-32(25-5-3-2-4-6-25)29(34)28(38-30)19-22-11-17-27(18-12-22)37-20-23-9-15-26(16-10-23)33(35)36/h7-19,25H,2-6,20H2,1H3/b28-19+,31-30?. The van der Waals surface area contributed by atoms with Gasteiger partial charge >= 0.3 is 0 Å². The van der Waals surface area contributed by atoms with E-state index in [-0.39, 0.29) is 17.6 Å². The van der Waals surface area contributed by atoms with Crippen LogP contribution in [-0.4, -0.2) is 26.9 Å². The lowest BCUT2D eigenvalue weighted by atomic mass is 9.94. The quantitative estimate of drug-likeness (QED) is 0.181. The summed E-state index contributed by atoms with van der Waals surface area (Å²) in [5.74, 6) is 0.701. The molecule has 1 heterocycles. The largest absolute Gasteiger partial charge is 0.489 e. The van der Waals surface area contributed by atoms with Gasteiger partial charge in [0.2, 0.25) is 0 Å². The van der Waals surface area contributed by atoms with E-state index in [0.29, 0.717) is 17.3 Å². The number of nitro benzene ring substituents is 1. The zero-order valence-electron chi connectivity index (χ0n) is 21.2. The highest BCUT2D eigenvalue weighted by Gasteiger charge is 2.38. The average Bonchev–Trinajstić information content (AvgIpc) is 3.24. The van der Waals surface area contributed by atoms with E-state index in [1.807, 2.05) is 66.4 Å². The number of nitro groups is 1. The Bertz CT molecular complexity index is 1360. The lowest BCUT2D eigenvalue weighted by molar-refractivity contribution is -0.384. The molecule has 194 valence electrons. The molecule has 1 saturated heterocycles. The van der Waals surface area contributed by atoms with Gasteiger partial charge in [0, 0.05) is 18.2 Å². The molecule has 2 fully saturated rings. The van der Waals surface area contributed by atoms with Crippen LogP contribution in [0.2, 0.25) is 0 Å². The number of ether oxygens (including phenoxy) is 1. The van der Waals surface area contributed by atoms with Crippen LogP contribution in [0.4, 0.5) is 11.4 Å². The summed E-state index contributed by atoms with van der Waals surface area (Å²) in [7, 11) is 0. The molecular weight excluding hydrogens is 498 g/mol. The van der Waals surface area contributed by atoms with Crippen LogP contribution in [0.1, 0.15) is 48.8 Å². The minimum Gasteiger partial charge on any atom is -0.489 e. The van der Waals surface area contributed by atoms with Crippen molar-refractivity contribution in [2.45, 2.75) is 51.7 Å². The van der Waals surface area contributed by atoms with Crippen LogP contribution in [0, 0.1) is 17.0 Å². The van der Waals surface area contributed by atoms with E-state index in [1.165, 1.54) is 35.9 Å². The van der Waals surface area contributed by atoms with Crippen molar-refractivity contribution in [1.29, 1.82) is 0 Å². The molecule has 7 nitrogen and oxygen atoms in total. The first-order valence-electron chi connectivity index (χ1n) is 12.8. The van der Waals surface area contributed by atoms with Crippen molar-refractivity contribution >= 4 is 40.3 Å². The van der Waals surface area contributed by atoms with Gasteiger partial charge in [-0.1, -0.05) is 49.1 Å². The molecule has 0 radical (unpaired) electrons. The number of rotatable bonds is 7. The first kappa shape index (κ1) is 25.7. The summed E-state index contributed by atoms with van der Waals surface area (Å²) in [6, 6.07) is 22.1. The summed E-state index contributed by atoms with van der Waals surface area (Å²) in [6.07, 6.45) is 7.42. The topological polar surface area (TPSA) is 85.0 Å². The van der Waals surface area contributed by atoms with E-state index in [4.69, 9.17) is 9.73 Å². The number of benzene rings is 3. The summed E-state index contributed by atoms with van der Waals surface area (Å²) in [5.41, 5.74) is 3.83. The lowest BCUT2D eigenvalue weighted by Gasteiger charge is -2.30. The Morgan fingerprint density at radius 2 is 1.68 bits per heavy atom. The van der Waals surface area contributed by atoms with Crippen molar-refractivity contribution in [3.05, 3.63) is 105 Å². The molecule has 1 amide bonds. The molecule has 3 aromatic carbocycles. The second kappa shape index (κ2) is 11.6. The van der Waals surface area contributed by atoms with E-state index >= 15 is 0 Å². The molecule has 3 aromatic rings. The van der Waals surface area contributed by atoms with Gasteiger partial charge < -0.3 is 4.74 Å². The fourth-order valence-corrected chi connectivity index (χ4v) is 5.71. The van der Waals surface area contributed by atoms with Gasteiger partial charge in [-0.2, -0.15) is 0 Å². The zero-order chi connectivity index (χ0) is 26.5. The number of aryl methyl sites for hydroxylation is 1. The highest BCUT2D eigenvalue weighted by Crippen LogP contribution is 2.38. The SMILES string of the molecule is Cc1ccc(N=C2S/C(=C/c3ccc(OCc4ccc([N+](=O)[O-])cc4)cc3)C(=O)N2C2CCCCC2)cc1. The normalized spacial score (nSPS) is 18.3. The lowest BCUT2D eigenvalue weighted by Crippen LogP contribution is -2.40. The van der Waals surface area contributed by atoms with Crippen molar-refractivity contribution < 1.29 is 14.5 Å². The number of nitrogens with zero attached hydrogens (tertiary/aromatic N) is 3. The Hall–Kier alpha value is -3.91. The summed E-state index contributed by atoms with van der Waals surface area (Å²) in [6.45, 7) is 2.36. The molecule has 0 spiro atoms. The number of hydrogen-bond donors (Lipinski definition) is 0. The molecule has 0 bridgehead atoms. The van der Waals surface area contributed by atoms with Gasteiger partial charge in [0.15, 0.2) is 5.17 Å². The number of thioether (sulfide) groups is 1. The Balaban J connectivity index is 1.31. The van der Waals surface area contributed by atoms with E-state index < -0.39 is 4.92 Å². The molecule has 0 aromatic heterocycles. The summed E-state index contributed by atoms with van der Waals surface area (Å²) < 4.78 is 5.84. The summed E-state index contributed by atoms with van der Waals surface area (Å²) in [4.78, 5) is 31.4. The number of carbonyl (C=O) groups excluding carboxylic acids is 1. The first-order chi connectivity index (χ1) is 18.5. The third kappa shape index (κ3) is 6.14. The van der Waals surface area contributed by atoms with Crippen LogP contribution in [0.25, 0.3) is 6.08 Å². The van der Waals surface area contributed by atoms with Gasteiger partial charge in [-0.3, -0.25) is 19.8 Å². The first-order valence-corrected chi connectivity index (χ1v) is 13.6. The van der Waals surface area contributed by atoms with E-state index in [1.54, 1.807) is 12.1 Å². The molecule has 1 saturated carbocycles. The van der Waals surface area contributed by atoms with Crippen molar-refractivity contribution in [3.8, 4) is 5.75 Å². The van der Waals surface area contributed by atoms with Gasteiger partial charge in [0.25, 0.3) is 11.6 Å². The molecule has 5 rings (SSSR count). The van der Waals surface area contributed by atoms with Gasteiger partial charge in [-0.25, -0.2) is 4.99 Å². The highest BCUT2D eigenvalue weighted by atomic mass is 32.2. The second-order valence-corrected chi connectivity index (χ2v) is 10.6. The maximum atomic E-state index is 13.5. The smallest absolute Gasteiger partial charge is 0.269 e. The number of carbonyl (C=O) groups is 1. The van der Waals surface area contributed by atoms with Crippen molar-refractivity contribution in [1.82, 2.24) is 4.90 Å². The third-order valence-corrected chi connectivity index (χ3v) is 7.75. The van der Waals surface area contributed by atoms with Crippen molar-refractivity contribution in [2.75, 3.05) is 0 Å². The Morgan fingerprint density at radius 1 is 1.00 bits per heavy atom. The molecule has 0 atom stereocenters. The monoisotopic (exact) mass is 527 g/mol. The minimum atomic E-state index is -0.420. The van der Waals surface area contributed by atoms with Gasteiger partial charge in [0.1, 0.15) is 12.4 Å².